The number of anilines is 3. The van der Waals surface area contributed by atoms with Crippen molar-refractivity contribution in [1.82, 2.24) is 4.90 Å². The molecule has 45 heavy (non-hydrogen) atoms. The molecule has 4 rings (SSSR count). The van der Waals surface area contributed by atoms with E-state index >= 15 is 0 Å². The first-order valence-electron chi connectivity index (χ1n) is 17.1. The average molecular weight is 628 g/mol. The van der Waals surface area contributed by atoms with Crippen molar-refractivity contribution in [2.24, 2.45) is 0 Å². The molecule has 0 atom stereocenters. The number of para-hydroxylation sites is 1. The quantitative estimate of drug-likeness (QED) is 0.0940. The van der Waals surface area contributed by atoms with E-state index in [0.29, 0.717) is 13.0 Å². The lowest BCUT2D eigenvalue weighted by Gasteiger charge is -2.24. The lowest BCUT2D eigenvalue weighted by molar-refractivity contribution is -0.115. The zero-order valence-electron chi connectivity index (χ0n) is 27.5. The maximum Gasteiger partial charge on any atom is 0.228 e. The van der Waals surface area contributed by atoms with Gasteiger partial charge in [0.1, 0.15) is 0 Å². The Bertz CT molecular complexity index is 1310. The molecular weight excluding hydrogens is 575 g/mol. The third-order valence-electron chi connectivity index (χ3n) is 8.14. The molecule has 1 heterocycles. The fourth-order valence-corrected chi connectivity index (χ4v) is 6.49. The Kier molecular flexibility index (Phi) is 15.4. The van der Waals surface area contributed by atoms with Gasteiger partial charge in [0, 0.05) is 18.4 Å². The summed E-state index contributed by atoms with van der Waals surface area (Å²) >= 11 is 1.86. The molecule has 0 unspecified atom stereocenters. The number of thioether (sulfide) groups is 1. The van der Waals surface area contributed by atoms with Gasteiger partial charge >= 0.3 is 0 Å². The zero-order chi connectivity index (χ0) is 31.5. The number of carbonyl (C=O) groups excluding carboxylic acids is 1. The number of hydrogen-bond acceptors (Lipinski definition) is 5. The predicted molar refractivity (Wildman–Crippen MR) is 193 cm³/mol. The van der Waals surface area contributed by atoms with Crippen molar-refractivity contribution in [3.63, 3.8) is 0 Å². The first kappa shape index (κ1) is 34.6. The second-order valence-electron chi connectivity index (χ2n) is 12.2. The molecule has 5 nitrogen and oxygen atoms in total. The van der Waals surface area contributed by atoms with Crippen molar-refractivity contribution in [1.29, 1.82) is 0 Å². The average Bonchev–Trinajstić information content (AvgIpc) is 3.46. The first-order chi connectivity index (χ1) is 22.1. The topological polar surface area (TPSA) is 44.8 Å². The fourth-order valence-electron chi connectivity index (χ4n) is 5.73. The summed E-state index contributed by atoms with van der Waals surface area (Å²) in [5.41, 5.74) is 4.88. The molecule has 0 bridgehead atoms. The molecule has 3 aromatic carbocycles. The molecule has 0 aromatic heterocycles. The molecule has 0 saturated heterocycles. The highest BCUT2D eigenvalue weighted by molar-refractivity contribution is 8.03. The largest absolute Gasteiger partial charge is 0.363 e. The fraction of sp³-hybridized carbons (Fsp3) is 0.462. The molecule has 0 saturated carbocycles. The minimum atomic E-state index is -0.0274. The van der Waals surface area contributed by atoms with Crippen molar-refractivity contribution in [2.45, 2.75) is 104 Å². The van der Waals surface area contributed by atoms with E-state index in [9.17, 15) is 4.79 Å². The van der Waals surface area contributed by atoms with Gasteiger partial charge in [-0.05, 0) is 65.8 Å². The van der Waals surface area contributed by atoms with E-state index in [-0.39, 0.29) is 5.91 Å². The molecule has 0 spiro atoms. The summed E-state index contributed by atoms with van der Waals surface area (Å²) < 4.78 is 0. The Labute approximate surface area is 276 Å². The van der Waals surface area contributed by atoms with E-state index in [4.69, 9.17) is 4.84 Å². The Balaban J connectivity index is 1.23. The van der Waals surface area contributed by atoms with E-state index < -0.39 is 0 Å². The minimum Gasteiger partial charge on any atom is -0.363 e. The van der Waals surface area contributed by atoms with Crippen LogP contribution in [0.2, 0.25) is 0 Å². The summed E-state index contributed by atoms with van der Waals surface area (Å²) in [6, 6.07) is 26.5. The van der Waals surface area contributed by atoms with E-state index in [1.54, 1.807) is 0 Å². The van der Waals surface area contributed by atoms with Crippen molar-refractivity contribution in [3.05, 3.63) is 101 Å². The molecule has 1 N–H and O–H groups in total. The second-order valence-corrected chi connectivity index (χ2v) is 13.4. The van der Waals surface area contributed by atoms with Crippen LogP contribution in [0.15, 0.2) is 90.0 Å². The number of benzene rings is 3. The van der Waals surface area contributed by atoms with Gasteiger partial charge in [-0.15, -0.1) is 11.8 Å². The summed E-state index contributed by atoms with van der Waals surface area (Å²) in [6.07, 6.45) is 18.4. The second kappa shape index (κ2) is 20.0. The van der Waals surface area contributed by atoms with Gasteiger partial charge in [0.15, 0.2) is 0 Å². The highest BCUT2D eigenvalue weighted by atomic mass is 32.2. The number of hydrogen-bond donors (Lipinski definition) is 1. The Morgan fingerprint density at radius 1 is 0.778 bits per heavy atom. The standard InChI is InChI=1S/C39H53N3O2S/c1-3-4-5-6-7-8-9-10-11-12-13-17-26-44-42(37-23-15-14-16-24-37)38-25-19-20-34(28-38)29-39(43)40-36-22-18-21-35(27-36)31-41-30-33(2)45-32-41/h14-16,18-25,27-28,30H,3-13,17,26,29,31-32H2,1-2H3,(H,40,43). The Morgan fingerprint density at radius 2 is 1.42 bits per heavy atom. The number of nitrogens with zero attached hydrogens (tertiary/aromatic N) is 2. The van der Waals surface area contributed by atoms with Crippen LogP contribution in [0.5, 0.6) is 0 Å². The van der Waals surface area contributed by atoms with Gasteiger partial charge < -0.3 is 10.2 Å². The third-order valence-corrected chi connectivity index (χ3v) is 9.16. The molecule has 0 radical (unpaired) electrons. The van der Waals surface area contributed by atoms with Crippen LogP contribution in [-0.2, 0) is 22.6 Å². The van der Waals surface area contributed by atoms with Crippen LogP contribution in [0.4, 0.5) is 17.1 Å². The Hall–Kier alpha value is -3.22. The molecule has 0 aliphatic carbocycles. The van der Waals surface area contributed by atoms with Crippen LogP contribution in [0.1, 0.15) is 102 Å². The van der Waals surface area contributed by atoms with E-state index in [1.807, 2.05) is 65.4 Å². The van der Waals surface area contributed by atoms with Crippen molar-refractivity contribution < 1.29 is 9.63 Å². The van der Waals surface area contributed by atoms with Crippen LogP contribution in [0.3, 0.4) is 0 Å². The SMILES string of the molecule is CCCCCCCCCCCCCCON(c1ccccc1)c1cccc(CC(=O)Nc2cccc(CN3C=C(C)SC3)c2)c1. The molecule has 6 heteroatoms. The highest BCUT2D eigenvalue weighted by Crippen LogP contribution is 2.28. The monoisotopic (exact) mass is 627 g/mol. The van der Waals surface area contributed by atoms with Crippen LogP contribution in [-0.4, -0.2) is 23.3 Å². The van der Waals surface area contributed by atoms with Crippen molar-refractivity contribution in [3.8, 4) is 0 Å². The van der Waals surface area contributed by atoms with Crippen LogP contribution in [0, 0.1) is 0 Å². The maximum atomic E-state index is 13.1. The summed E-state index contributed by atoms with van der Waals surface area (Å²) in [5, 5.41) is 5.01. The molecule has 0 fully saturated rings. The molecule has 1 aliphatic rings. The zero-order valence-corrected chi connectivity index (χ0v) is 28.3. The highest BCUT2D eigenvalue weighted by Gasteiger charge is 2.14. The van der Waals surface area contributed by atoms with Crippen molar-refractivity contribution >= 4 is 34.7 Å². The summed E-state index contributed by atoms with van der Waals surface area (Å²) in [6.45, 7) is 5.92. The molecule has 242 valence electrons. The van der Waals surface area contributed by atoms with Gasteiger partial charge in [0.25, 0.3) is 0 Å². The smallest absolute Gasteiger partial charge is 0.228 e. The van der Waals surface area contributed by atoms with Crippen molar-refractivity contribution in [2.75, 3.05) is 22.9 Å². The minimum absolute atomic E-state index is 0.0274. The van der Waals surface area contributed by atoms with Gasteiger partial charge in [-0.2, -0.15) is 0 Å². The van der Waals surface area contributed by atoms with E-state index in [0.717, 1.165) is 41.5 Å². The number of allylic oxidation sites excluding steroid dienone is 1. The Morgan fingerprint density at radius 3 is 2.11 bits per heavy atom. The number of carbonyl (C=O) groups is 1. The molecule has 1 aliphatic heterocycles. The normalized spacial score (nSPS) is 12.8. The van der Waals surface area contributed by atoms with Crippen LogP contribution in [0.25, 0.3) is 0 Å². The summed E-state index contributed by atoms with van der Waals surface area (Å²) in [4.78, 5) is 23.1. The summed E-state index contributed by atoms with van der Waals surface area (Å²) in [5.74, 6) is 0.947. The molecular formula is C39H53N3O2S. The number of rotatable bonds is 21. The molecule has 3 aromatic rings. The lowest BCUT2D eigenvalue weighted by Crippen LogP contribution is -2.19. The summed E-state index contributed by atoms with van der Waals surface area (Å²) in [7, 11) is 0. The van der Waals surface area contributed by atoms with Gasteiger partial charge in [-0.1, -0.05) is 120 Å². The maximum absolute atomic E-state index is 13.1. The van der Waals surface area contributed by atoms with Gasteiger partial charge in [0.2, 0.25) is 5.91 Å². The number of amides is 1. The van der Waals surface area contributed by atoms with Gasteiger partial charge in [-0.25, -0.2) is 5.06 Å². The lowest BCUT2D eigenvalue weighted by atomic mass is 10.1. The van der Waals surface area contributed by atoms with Crippen LogP contribution >= 0.6 is 11.8 Å². The van der Waals surface area contributed by atoms with Gasteiger partial charge in [-0.3, -0.25) is 9.63 Å². The van der Waals surface area contributed by atoms with Gasteiger partial charge in [0.05, 0.1) is 30.3 Å². The first-order valence-corrected chi connectivity index (χ1v) is 18.1. The third kappa shape index (κ3) is 13.0. The molecule has 1 amide bonds. The van der Waals surface area contributed by atoms with Crippen LogP contribution < -0.4 is 10.4 Å². The van der Waals surface area contributed by atoms with E-state index in [1.165, 1.54) is 81.1 Å². The number of nitrogens with one attached hydrogen (secondary N) is 1. The van der Waals surface area contributed by atoms with E-state index in [2.05, 4.69) is 60.6 Å². The number of unbranched alkanes of at least 4 members (excludes halogenated alkanes) is 11. The predicted octanol–water partition coefficient (Wildman–Crippen LogP) is 11.0.